The van der Waals surface area contributed by atoms with Crippen molar-refractivity contribution in [3.63, 3.8) is 0 Å². The lowest BCUT2D eigenvalue weighted by atomic mass is 9.86. The largest absolute Gasteiger partial charge is 0.496 e. The summed E-state index contributed by atoms with van der Waals surface area (Å²) in [4.78, 5) is 11.5. The van der Waals surface area contributed by atoms with Crippen LogP contribution in [0.5, 0.6) is 5.75 Å². The number of halogens is 1. The fourth-order valence-electron chi connectivity index (χ4n) is 2.87. The Morgan fingerprint density at radius 3 is 2.85 bits per heavy atom. The highest BCUT2D eigenvalue weighted by atomic mass is 79.9. The number of benzene rings is 1. The van der Waals surface area contributed by atoms with Crippen molar-refractivity contribution in [2.75, 3.05) is 20.3 Å². The minimum absolute atomic E-state index is 0.198. The van der Waals surface area contributed by atoms with Crippen LogP contribution in [0.25, 0.3) is 0 Å². The number of aryl methyl sites for hydroxylation is 1. The van der Waals surface area contributed by atoms with Crippen molar-refractivity contribution >= 4 is 21.9 Å². The maximum Gasteiger partial charge on any atom is 0.336 e. The molecule has 0 unspecified atom stereocenters. The number of hydrogen-bond donors (Lipinski definition) is 1. The van der Waals surface area contributed by atoms with E-state index in [0.29, 0.717) is 17.5 Å². The quantitative estimate of drug-likeness (QED) is 0.851. The second kappa shape index (κ2) is 6.59. The SMILES string of the molecule is COc1c(C)cc(C(=O)O)c(CBr)c1[C@H]1CCCOC1. The topological polar surface area (TPSA) is 55.8 Å². The van der Waals surface area contributed by atoms with Crippen LogP contribution in [-0.4, -0.2) is 31.4 Å². The number of alkyl halides is 1. The maximum atomic E-state index is 11.5. The van der Waals surface area contributed by atoms with Gasteiger partial charge in [0.2, 0.25) is 0 Å². The van der Waals surface area contributed by atoms with E-state index in [0.717, 1.165) is 41.9 Å². The number of carboxylic acid groups (broad SMARTS) is 1. The average Bonchev–Trinajstić information content (AvgIpc) is 2.46. The van der Waals surface area contributed by atoms with Crippen LogP contribution in [0, 0.1) is 6.92 Å². The Kier molecular flexibility index (Phi) is 5.05. The Balaban J connectivity index is 2.62. The van der Waals surface area contributed by atoms with Gasteiger partial charge in [-0.1, -0.05) is 15.9 Å². The number of hydrogen-bond acceptors (Lipinski definition) is 3. The zero-order chi connectivity index (χ0) is 14.7. The summed E-state index contributed by atoms with van der Waals surface area (Å²) < 4.78 is 11.1. The predicted octanol–water partition coefficient (Wildman–Crippen LogP) is 3.49. The molecule has 1 aromatic carbocycles. The molecule has 0 amide bonds. The third-order valence-corrected chi connectivity index (χ3v) is 4.31. The summed E-state index contributed by atoms with van der Waals surface area (Å²) in [5.74, 6) is 0.0902. The van der Waals surface area contributed by atoms with Gasteiger partial charge in [-0.2, -0.15) is 0 Å². The van der Waals surface area contributed by atoms with Crippen molar-refractivity contribution in [1.29, 1.82) is 0 Å². The number of ether oxygens (including phenoxy) is 2. The number of rotatable bonds is 4. The minimum atomic E-state index is -0.900. The molecule has 0 radical (unpaired) electrons. The number of methoxy groups -OCH3 is 1. The molecule has 1 fully saturated rings. The molecule has 0 aliphatic carbocycles. The molecule has 2 rings (SSSR count). The van der Waals surface area contributed by atoms with Crippen LogP contribution in [0.4, 0.5) is 0 Å². The zero-order valence-corrected chi connectivity index (χ0v) is 13.3. The number of aromatic carboxylic acids is 1. The first kappa shape index (κ1) is 15.3. The van der Waals surface area contributed by atoms with Crippen LogP contribution in [0.15, 0.2) is 6.07 Å². The molecule has 1 aliphatic heterocycles. The Morgan fingerprint density at radius 2 is 2.35 bits per heavy atom. The highest BCUT2D eigenvalue weighted by Crippen LogP contribution is 2.39. The van der Waals surface area contributed by atoms with E-state index in [1.165, 1.54) is 0 Å². The van der Waals surface area contributed by atoms with Gasteiger partial charge in [-0.25, -0.2) is 4.79 Å². The number of carbonyl (C=O) groups is 1. The van der Waals surface area contributed by atoms with E-state index in [4.69, 9.17) is 9.47 Å². The van der Waals surface area contributed by atoms with Crippen LogP contribution >= 0.6 is 15.9 Å². The van der Waals surface area contributed by atoms with Gasteiger partial charge in [0.25, 0.3) is 0 Å². The van der Waals surface area contributed by atoms with Crippen molar-refractivity contribution in [1.82, 2.24) is 0 Å². The van der Waals surface area contributed by atoms with Crippen LogP contribution in [-0.2, 0) is 10.1 Å². The second-order valence-corrected chi connectivity index (χ2v) is 5.58. The van der Waals surface area contributed by atoms with E-state index in [1.807, 2.05) is 6.92 Å². The Labute approximate surface area is 127 Å². The van der Waals surface area contributed by atoms with Crippen molar-refractivity contribution in [2.45, 2.75) is 31.0 Å². The normalized spacial score (nSPS) is 18.9. The van der Waals surface area contributed by atoms with E-state index in [2.05, 4.69) is 15.9 Å². The predicted molar refractivity (Wildman–Crippen MR) is 80.1 cm³/mol. The molecule has 110 valence electrons. The second-order valence-electron chi connectivity index (χ2n) is 5.02. The fraction of sp³-hybridized carbons (Fsp3) is 0.533. The fourth-order valence-corrected chi connectivity index (χ4v) is 3.47. The van der Waals surface area contributed by atoms with E-state index < -0.39 is 5.97 Å². The summed E-state index contributed by atoms with van der Waals surface area (Å²) in [7, 11) is 1.63. The molecule has 1 atom stereocenters. The standard InChI is InChI=1S/C15H19BrO4/c1-9-6-11(15(17)18)12(7-16)13(14(9)19-2)10-4-3-5-20-8-10/h6,10H,3-5,7-8H2,1-2H3,(H,17,18)/t10-/m0/s1. The third-order valence-electron chi connectivity index (χ3n) is 3.75. The van der Waals surface area contributed by atoms with Crippen molar-refractivity contribution in [3.05, 3.63) is 28.3 Å². The molecule has 20 heavy (non-hydrogen) atoms. The zero-order valence-electron chi connectivity index (χ0n) is 11.7. The molecule has 1 aliphatic rings. The lowest BCUT2D eigenvalue weighted by molar-refractivity contribution is 0.0692. The number of carboxylic acids is 1. The Bertz CT molecular complexity index is 507. The monoisotopic (exact) mass is 342 g/mol. The molecule has 5 heteroatoms. The molecule has 1 N–H and O–H groups in total. The molecule has 0 saturated carbocycles. The summed E-state index contributed by atoms with van der Waals surface area (Å²) in [5, 5.41) is 9.91. The van der Waals surface area contributed by atoms with Crippen molar-refractivity contribution in [3.8, 4) is 5.75 Å². The van der Waals surface area contributed by atoms with Gasteiger partial charge in [0, 0.05) is 23.4 Å². The Morgan fingerprint density at radius 1 is 1.60 bits per heavy atom. The van der Waals surface area contributed by atoms with Gasteiger partial charge < -0.3 is 14.6 Å². The molecule has 0 bridgehead atoms. The van der Waals surface area contributed by atoms with Gasteiger partial charge in [-0.05, 0) is 37.0 Å². The summed E-state index contributed by atoms with van der Waals surface area (Å²) in [5.41, 5.74) is 2.99. The van der Waals surface area contributed by atoms with Crippen LogP contribution in [0.3, 0.4) is 0 Å². The molecular formula is C15H19BrO4. The van der Waals surface area contributed by atoms with Crippen LogP contribution < -0.4 is 4.74 Å². The van der Waals surface area contributed by atoms with Crippen LogP contribution in [0.2, 0.25) is 0 Å². The molecule has 0 aromatic heterocycles. The highest BCUT2D eigenvalue weighted by Gasteiger charge is 2.27. The first-order chi connectivity index (χ1) is 9.60. The van der Waals surface area contributed by atoms with Gasteiger partial charge in [0.1, 0.15) is 5.75 Å². The summed E-state index contributed by atoms with van der Waals surface area (Å²) in [6.07, 6.45) is 1.99. The summed E-state index contributed by atoms with van der Waals surface area (Å²) in [6, 6.07) is 1.69. The van der Waals surface area contributed by atoms with Gasteiger partial charge >= 0.3 is 5.97 Å². The van der Waals surface area contributed by atoms with Crippen molar-refractivity contribution < 1.29 is 19.4 Å². The lowest BCUT2D eigenvalue weighted by Crippen LogP contribution is -2.19. The molecule has 1 saturated heterocycles. The van der Waals surface area contributed by atoms with Gasteiger partial charge in [-0.15, -0.1) is 0 Å². The van der Waals surface area contributed by atoms with Crippen molar-refractivity contribution in [2.24, 2.45) is 0 Å². The molecule has 0 spiro atoms. The van der Waals surface area contributed by atoms with E-state index in [1.54, 1.807) is 13.2 Å². The highest BCUT2D eigenvalue weighted by molar-refractivity contribution is 9.08. The lowest BCUT2D eigenvalue weighted by Gasteiger charge is -2.27. The van der Waals surface area contributed by atoms with Gasteiger partial charge in [-0.3, -0.25) is 0 Å². The molecule has 1 aromatic rings. The summed E-state index contributed by atoms with van der Waals surface area (Å²) in [6.45, 7) is 3.29. The smallest absolute Gasteiger partial charge is 0.336 e. The first-order valence-corrected chi connectivity index (χ1v) is 7.79. The van der Waals surface area contributed by atoms with Crippen LogP contribution in [0.1, 0.15) is 45.8 Å². The van der Waals surface area contributed by atoms with E-state index >= 15 is 0 Å². The minimum Gasteiger partial charge on any atom is -0.496 e. The van der Waals surface area contributed by atoms with E-state index in [-0.39, 0.29) is 5.92 Å². The average molecular weight is 343 g/mol. The molecule has 4 nitrogen and oxygen atoms in total. The first-order valence-electron chi connectivity index (χ1n) is 6.67. The molecular weight excluding hydrogens is 324 g/mol. The van der Waals surface area contributed by atoms with Gasteiger partial charge in [0.05, 0.1) is 19.3 Å². The Hall–Kier alpha value is -1.07. The maximum absolute atomic E-state index is 11.5. The van der Waals surface area contributed by atoms with Gasteiger partial charge in [0.15, 0.2) is 0 Å². The van der Waals surface area contributed by atoms with E-state index in [9.17, 15) is 9.90 Å². The summed E-state index contributed by atoms with van der Waals surface area (Å²) >= 11 is 3.42. The third kappa shape index (κ3) is 2.83. The molecule has 1 heterocycles.